The minimum Gasteiger partial charge on any atom is -0.390 e. The SMILES string of the molecule is CCCCCCC(C)Cn1cc(C(C)(C)CC(C)(C)O)nn1. The summed E-state index contributed by atoms with van der Waals surface area (Å²) in [5.41, 5.74) is 0.105. The van der Waals surface area contributed by atoms with E-state index in [1.54, 1.807) is 0 Å². The van der Waals surface area contributed by atoms with E-state index in [4.69, 9.17) is 0 Å². The molecule has 1 aromatic heterocycles. The second-order valence-corrected chi connectivity index (χ2v) is 8.15. The predicted octanol–water partition coefficient (Wildman–Crippen LogP) is 4.32. The van der Waals surface area contributed by atoms with E-state index in [0.717, 1.165) is 12.2 Å². The van der Waals surface area contributed by atoms with Crippen LogP contribution in [0.1, 0.15) is 85.8 Å². The van der Waals surface area contributed by atoms with Crippen LogP contribution in [-0.2, 0) is 12.0 Å². The van der Waals surface area contributed by atoms with Gasteiger partial charge < -0.3 is 5.11 Å². The largest absolute Gasteiger partial charge is 0.390 e. The van der Waals surface area contributed by atoms with Gasteiger partial charge in [0.1, 0.15) is 0 Å². The van der Waals surface area contributed by atoms with Gasteiger partial charge in [0, 0.05) is 18.2 Å². The van der Waals surface area contributed by atoms with E-state index in [9.17, 15) is 5.11 Å². The fraction of sp³-hybridized carbons (Fsp3) is 0.889. The lowest BCUT2D eigenvalue weighted by Gasteiger charge is -2.29. The van der Waals surface area contributed by atoms with Crippen molar-refractivity contribution in [1.29, 1.82) is 0 Å². The number of aromatic nitrogens is 3. The Hall–Kier alpha value is -0.900. The van der Waals surface area contributed by atoms with Gasteiger partial charge in [-0.1, -0.05) is 58.6 Å². The Bertz CT molecular complexity index is 432. The summed E-state index contributed by atoms with van der Waals surface area (Å²) in [6.45, 7) is 13.4. The predicted molar refractivity (Wildman–Crippen MR) is 91.9 cm³/mol. The Balaban J connectivity index is 2.53. The molecule has 0 bridgehead atoms. The summed E-state index contributed by atoms with van der Waals surface area (Å²) in [6, 6.07) is 0. The molecular formula is C18H35N3O. The zero-order chi connectivity index (χ0) is 16.8. The van der Waals surface area contributed by atoms with Crippen LogP contribution < -0.4 is 0 Å². The first-order valence-corrected chi connectivity index (χ1v) is 8.77. The molecule has 0 aliphatic rings. The Kier molecular flexibility index (Phi) is 7.04. The van der Waals surface area contributed by atoms with Crippen molar-refractivity contribution < 1.29 is 5.11 Å². The summed E-state index contributed by atoms with van der Waals surface area (Å²) in [4.78, 5) is 0. The van der Waals surface area contributed by atoms with Crippen LogP contribution in [0.4, 0.5) is 0 Å². The van der Waals surface area contributed by atoms with Crippen molar-refractivity contribution in [1.82, 2.24) is 15.0 Å². The maximum atomic E-state index is 10.1. The van der Waals surface area contributed by atoms with Gasteiger partial charge in [-0.2, -0.15) is 0 Å². The molecule has 0 aliphatic carbocycles. The molecule has 0 saturated heterocycles. The molecule has 0 spiro atoms. The maximum absolute atomic E-state index is 10.1. The number of unbranched alkanes of at least 4 members (excludes halogenated alkanes) is 3. The molecule has 1 unspecified atom stereocenters. The molecule has 1 heterocycles. The first-order chi connectivity index (χ1) is 10.1. The zero-order valence-corrected chi connectivity index (χ0v) is 15.4. The first kappa shape index (κ1) is 19.1. The van der Waals surface area contributed by atoms with E-state index in [2.05, 4.69) is 38.0 Å². The third-order valence-corrected chi connectivity index (χ3v) is 4.16. The first-order valence-electron chi connectivity index (χ1n) is 8.77. The second kappa shape index (κ2) is 8.09. The molecule has 1 aromatic rings. The van der Waals surface area contributed by atoms with E-state index in [1.165, 1.54) is 32.1 Å². The highest BCUT2D eigenvalue weighted by atomic mass is 16.3. The fourth-order valence-corrected chi connectivity index (χ4v) is 3.20. The van der Waals surface area contributed by atoms with Crippen LogP contribution in [0.3, 0.4) is 0 Å². The smallest absolute Gasteiger partial charge is 0.0884 e. The molecule has 22 heavy (non-hydrogen) atoms. The molecule has 0 saturated carbocycles. The maximum Gasteiger partial charge on any atom is 0.0884 e. The third kappa shape index (κ3) is 6.91. The lowest BCUT2D eigenvalue weighted by molar-refractivity contribution is 0.0493. The molecule has 1 rings (SSSR count). The Morgan fingerprint density at radius 3 is 2.45 bits per heavy atom. The van der Waals surface area contributed by atoms with Gasteiger partial charge in [0.15, 0.2) is 0 Å². The normalized spacial score (nSPS) is 14.3. The van der Waals surface area contributed by atoms with Gasteiger partial charge in [-0.3, -0.25) is 4.68 Å². The molecule has 0 aliphatic heterocycles. The van der Waals surface area contributed by atoms with E-state index in [1.807, 2.05) is 24.7 Å². The van der Waals surface area contributed by atoms with Gasteiger partial charge in [-0.15, -0.1) is 5.10 Å². The van der Waals surface area contributed by atoms with E-state index in [-0.39, 0.29) is 5.41 Å². The van der Waals surface area contributed by atoms with Gasteiger partial charge >= 0.3 is 0 Å². The summed E-state index contributed by atoms with van der Waals surface area (Å²) in [5, 5.41) is 18.7. The molecule has 1 N–H and O–H groups in total. The van der Waals surface area contributed by atoms with Crippen LogP contribution in [0.25, 0.3) is 0 Å². The fourth-order valence-electron chi connectivity index (χ4n) is 3.20. The van der Waals surface area contributed by atoms with Crippen molar-refractivity contribution in [3.05, 3.63) is 11.9 Å². The van der Waals surface area contributed by atoms with E-state index in [0.29, 0.717) is 12.3 Å². The van der Waals surface area contributed by atoms with Crippen molar-refractivity contribution in [2.45, 2.75) is 97.6 Å². The number of nitrogens with zero attached hydrogens (tertiary/aromatic N) is 3. The molecule has 1 atom stereocenters. The number of hydrogen-bond donors (Lipinski definition) is 1. The van der Waals surface area contributed by atoms with E-state index < -0.39 is 5.60 Å². The number of rotatable bonds is 10. The standard InChI is InChI=1S/C18H35N3O/c1-7-8-9-10-11-15(2)12-21-13-16(19-20-21)17(3,4)14-18(5,6)22/h13,15,22H,7-12,14H2,1-6H3. The third-order valence-electron chi connectivity index (χ3n) is 4.16. The van der Waals surface area contributed by atoms with Gasteiger partial charge in [0.05, 0.1) is 11.3 Å². The highest BCUT2D eigenvalue weighted by Crippen LogP contribution is 2.30. The summed E-state index contributed by atoms with van der Waals surface area (Å²) in [7, 11) is 0. The molecule has 0 fully saturated rings. The summed E-state index contributed by atoms with van der Waals surface area (Å²) < 4.78 is 1.96. The van der Waals surface area contributed by atoms with Crippen molar-refractivity contribution in [2.24, 2.45) is 5.92 Å². The molecule has 128 valence electrons. The van der Waals surface area contributed by atoms with Crippen LogP contribution >= 0.6 is 0 Å². The topological polar surface area (TPSA) is 50.9 Å². The lowest BCUT2D eigenvalue weighted by Crippen LogP contribution is -2.31. The number of aliphatic hydroxyl groups is 1. The minimum absolute atomic E-state index is 0.166. The van der Waals surface area contributed by atoms with Gasteiger partial charge in [-0.05, 0) is 32.6 Å². The van der Waals surface area contributed by atoms with Gasteiger partial charge in [0.2, 0.25) is 0 Å². The van der Waals surface area contributed by atoms with Crippen LogP contribution in [0, 0.1) is 5.92 Å². The van der Waals surface area contributed by atoms with Crippen LogP contribution in [0.2, 0.25) is 0 Å². The van der Waals surface area contributed by atoms with Crippen molar-refractivity contribution in [3.63, 3.8) is 0 Å². The highest BCUT2D eigenvalue weighted by molar-refractivity contribution is 5.10. The molecular weight excluding hydrogens is 274 g/mol. The summed E-state index contributed by atoms with van der Waals surface area (Å²) in [6.07, 6.45) is 9.24. The monoisotopic (exact) mass is 309 g/mol. The quantitative estimate of drug-likeness (QED) is 0.655. The summed E-state index contributed by atoms with van der Waals surface area (Å²) in [5.74, 6) is 0.629. The minimum atomic E-state index is -0.695. The van der Waals surface area contributed by atoms with Gasteiger partial charge in [0.25, 0.3) is 0 Å². The van der Waals surface area contributed by atoms with Crippen LogP contribution in [0.15, 0.2) is 6.20 Å². The molecule has 0 radical (unpaired) electrons. The summed E-state index contributed by atoms with van der Waals surface area (Å²) >= 11 is 0. The second-order valence-electron chi connectivity index (χ2n) is 8.15. The molecule has 4 heteroatoms. The van der Waals surface area contributed by atoms with Crippen molar-refractivity contribution in [2.75, 3.05) is 0 Å². The van der Waals surface area contributed by atoms with E-state index >= 15 is 0 Å². The van der Waals surface area contributed by atoms with Crippen LogP contribution in [-0.4, -0.2) is 25.7 Å². The Morgan fingerprint density at radius 1 is 1.18 bits per heavy atom. The molecule has 0 aromatic carbocycles. The van der Waals surface area contributed by atoms with Crippen molar-refractivity contribution in [3.8, 4) is 0 Å². The highest BCUT2D eigenvalue weighted by Gasteiger charge is 2.31. The van der Waals surface area contributed by atoms with Crippen LogP contribution in [0.5, 0.6) is 0 Å². The Labute approximate surface area is 136 Å². The average molecular weight is 309 g/mol. The number of hydrogen-bond acceptors (Lipinski definition) is 3. The molecule has 0 amide bonds. The average Bonchev–Trinajstić information content (AvgIpc) is 2.81. The van der Waals surface area contributed by atoms with Gasteiger partial charge in [-0.25, -0.2) is 0 Å². The van der Waals surface area contributed by atoms with Crippen molar-refractivity contribution >= 4 is 0 Å². The Morgan fingerprint density at radius 2 is 1.86 bits per heavy atom. The molecule has 4 nitrogen and oxygen atoms in total. The lowest BCUT2D eigenvalue weighted by atomic mass is 9.79. The zero-order valence-electron chi connectivity index (χ0n) is 15.4.